The summed E-state index contributed by atoms with van der Waals surface area (Å²) in [6, 6.07) is 11.3. The molecule has 0 heterocycles. The fraction of sp³-hybridized carbons (Fsp3) is 0.158. The fourth-order valence-electron chi connectivity index (χ4n) is 2.15. The van der Waals surface area contributed by atoms with Crippen LogP contribution in [0.2, 0.25) is 0 Å². The second kappa shape index (κ2) is 8.39. The van der Waals surface area contributed by atoms with Crippen LogP contribution in [0.15, 0.2) is 54.6 Å². The van der Waals surface area contributed by atoms with E-state index in [1.165, 1.54) is 18.2 Å². The van der Waals surface area contributed by atoms with Gasteiger partial charge in [-0.15, -0.1) is 0 Å². The molecule has 2 aromatic rings. The van der Waals surface area contributed by atoms with Crippen molar-refractivity contribution in [2.75, 3.05) is 19.0 Å². The molecule has 0 fully saturated rings. The van der Waals surface area contributed by atoms with Gasteiger partial charge in [0.2, 0.25) is 0 Å². The molecular formula is C19H18F3N3O2. The predicted octanol–water partition coefficient (Wildman–Crippen LogP) is 3.25. The number of carbonyl (C=O) groups excluding carboxylic acids is 2. The lowest BCUT2D eigenvalue weighted by Crippen LogP contribution is -2.40. The van der Waals surface area contributed by atoms with E-state index < -0.39 is 23.6 Å². The number of rotatable bonds is 4. The zero-order chi connectivity index (χ0) is 20.0. The first-order valence-corrected chi connectivity index (χ1v) is 7.90. The molecule has 0 unspecified atom stereocenters. The van der Waals surface area contributed by atoms with Crippen molar-refractivity contribution in [3.8, 4) is 0 Å². The minimum absolute atomic E-state index is 0.213. The first-order valence-electron chi connectivity index (χ1n) is 7.90. The number of hydrogen-bond donors (Lipinski definition) is 2. The zero-order valence-electron chi connectivity index (χ0n) is 14.7. The van der Waals surface area contributed by atoms with E-state index in [0.717, 1.165) is 23.9 Å². The smallest absolute Gasteiger partial charge is 0.378 e. The highest BCUT2D eigenvalue weighted by molar-refractivity contribution is 5.98. The van der Waals surface area contributed by atoms with Crippen LogP contribution in [0.3, 0.4) is 0 Å². The van der Waals surface area contributed by atoms with Crippen molar-refractivity contribution >= 4 is 23.6 Å². The van der Waals surface area contributed by atoms with Gasteiger partial charge in [-0.2, -0.15) is 13.2 Å². The largest absolute Gasteiger partial charge is 0.416 e. The van der Waals surface area contributed by atoms with E-state index in [2.05, 4.69) is 10.9 Å². The molecule has 27 heavy (non-hydrogen) atoms. The lowest BCUT2D eigenvalue weighted by atomic mass is 10.1. The molecule has 0 saturated heterocycles. The van der Waals surface area contributed by atoms with Gasteiger partial charge in [0.1, 0.15) is 0 Å². The monoisotopic (exact) mass is 377 g/mol. The highest BCUT2D eigenvalue weighted by Gasteiger charge is 2.30. The van der Waals surface area contributed by atoms with E-state index in [1.54, 1.807) is 18.2 Å². The fourth-order valence-corrected chi connectivity index (χ4v) is 2.15. The standard InChI is InChI=1S/C19H18F3N3O2/c1-25(2)16-8-4-6-14(12-16)18(27)24-23-17(26)10-9-13-5-3-7-15(11-13)19(20,21)22/h3-12H,1-2H3,(H,23,26)(H,24,27)/b10-9+. The molecule has 0 aliphatic heterocycles. The third-order valence-electron chi connectivity index (χ3n) is 3.57. The molecule has 2 amide bonds. The van der Waals surface area contributed by atoms with Crippen molar-refractivity contribution in [3.63, 3.8) is 0 Å². The molecule has 0 atom stereocenters. The Kier molecular flexibility index (Phi) is 6.23. The number of anilines is 1. The maximum Gasteiger partial charge on any atom is 0.416 e. The Hall–Kier alpha value is -3.29. The second-order valence-electron chi connectivity index (χ2n) is 5.84. The highest BCUT2D eigenvalue weighted by Crippen LogP contribution is 2.29. The molecule has 0 saturated carbocycles. The van der Waals surface area contributed by atoms with Gasteiger partial charge in [0, 0.05) is 31.4 Å². The maximum atomic E-state index is 12.7. The third-order valence-corrected chi connectivity index (χ3v) is 3.57. The summed E-state index contributed by atoms with van der Waals surface area (Å²) in [7, 11) is 3.66. The molecule has 0 aromatic heterocycles. The molecule has 0 spiro atoms. The van der Waals surface area contributed by atoms with E-state index in [4.69, 9.17) is 0 Å². The van der Waals surface area contributed by atoms with Crippen LogP contribution in [-0.2, 0) is 11.0 Å². The second-order valence-corrected chi connectivity index (χ2v) is 5.84. The number of halogens is 3. The van der Waals surface area contributed by atoms with Gasteiger partial charge in [-0.3, -0.25) is 20.4 Å². The van der Waals surface area contributed by atoms with E-state index in [1.807, 2.05) is 25.1 Å². The van der Waals surface area contributed by atoms with Crippen LogP contribution in [-0.4, -0.2) is 25.9 Å². The quantitative estimate of drug-likeness (QED) is 0.635. The number of alkyl halides is 3. The summed E-state index contributed by atoms with van der Waals surface area (Å²) in [5.41, 5.74) is 5.01. The van der Waals surface area contributed by atoms with E-state index in [-0.39, 0.29) is 5.56 Å². The van der Waals surface area contributed by atoms with Gasteiger partial charge < -0.3 is 4.90 Å². The van der Waals surface area contributed by atoms with Crippen molar-refractivity contribution in [1.29, 1.82) is 0 Å². The normalized spacial score (nSPS) is 11.3. The van der Waals surface area contributed by atoms with Crippen LogP contribution in [0.25, 0.3) is 6.08 Å². The van der Waals surface area contributed by atoms with Crippen LogP contribution in [0.5, 0.6) is 0 Å². The Morgan fingerprint density at radius 1 is 1.00 bits per heavy atom. The van der Waals surface area contributed by atoms with Crippen LogP contribution in [0.1, 0.15) is 21.5 Å². The van der Waals surface area contributed by atoms with Gasteiger partial charge in [-0.1, -0.05) is 18.2 Å². The summed E-state index contributed by atoms with van der Waals surface area (Å²) >= 11 is 0. The highest BCUT2D eigenvalue weighted by atomic mass is 19.4. The van der Waals surface area contributed by atoms with Gasteiger partial charge in [-0.25, -0.2) is 0 Å². The average Bonchev–Trinajstić information content (AvgIpc) is 2.64. The molecule has 0 bridgehead atoms. The average molecular weight is 377 g/mol. The molecule has 2 aromatic carbocycles. The molecule has 0 aliphatic carbocycles. The van der Waals surface area contributed by atoms with Gasteiger partial charge in [0.25, 0.3) is 11.8 Å². The summed E-state index contributed by atoms with van der Waals surface area (Å²) in [5.74, 6) is -1.19. The van der Waals surface area contributed by atoms with Crippen molar-refractivity contribution < 1.29 is 22.8 Å². The summed E-state index contributed by atoms with van der Waals surface area (Å²) in [6.07, 6.45) is -2.20. The molecule has 5 nitrogen and oxygen atoms in total. The first kappa shape index (κ1) is 20.0. The predicted molar refractivity (Wildman–Crippen MR) is 96.9 cm³/mol. The Labute approximate surface area is 154 Å². The van der Waals surface area contributed by atoms with Crippen LogP contribution < -0.4 is 15.8 Å². The third kappa shape index (κ3) is 5.88. The van der Waals surface area contributed by atoms with Crippen molar-refractivity contribution in [2.24, 2.45) is 0 Å². The van der Waals surface area contributed by atoms with E-state index in [9.17, 15) is 22.8 Å². The van der Waals surface area contributed by atoms with Crippen molar-refractivity contribution in [3.05, 3.63) is 71.3 Å². The Balaban J connectivity index is 1.95. The van der Waals surface area contributed by atoms with Crippen molar-refractivity contribution in [2.45, 2.75) is 6.18 Å². The number of nitrogens with zero attached hydrogens (tertiary/aromatic N) is 1. The Morgan fingerprint density at radius 2 is 1.70 bits per heavy atom. The van der Waals surface area contributed by atoms with Crippen LogP contribution in [0.4, 0.5) is 18.9 Å². The van der Waals surface area contributed by atoms with Crippen molar-refractivity contribution in [1.82, 2.24) is 10.9 Å². The minimum atomic E-state index is -4.46. The summed E-state index contributed by atoms with van der Waals surface area (Å²) in [5, 5.41) is 0. The maximum absolute atomic E-state index is 12.7. The van der Waals surface area contributed by atoms with Gasteiger partial charge >= 0.3 is 6.18 Å². The molecule has 0 radical (unpaired) electrons. The molecule has 142 valence electrons. The molecular weight excluding hydrogens is 359 g/mol. The number of amides is 2. The lowest BCUT2D eigenvalue weighted by Gasteiger charge is -2.13. The number of benzene rings is 2. The molecule has 2 N–H and O–H groups in total. The number of hydrogen-bond acceptors (Lipinski definition) is 3. The minimum Gasteiger partial charge on any atom is -0.378 e. The van der Waals surface area contributed by atoms with Crippen LogP contribution in [0, 0.1) is 0 Å². The zero-order valence-corrected chi connectivity index (χ0v) is 14.7. The summed E-state index contributed by atoms with van der Waals surface area (Å²) in [4.78, 5) is 25.7. The van der Waals surface area contributed by atoms with Gasteiger partial charge in [-0.05, 0) is 42.0 Å². The van der Waals surface area contributed by atoms with Gasteiger partial charge in [0.05, 0.1) is 5.56 Å². The lowest BCUT2D eigenvalue weighted by molar-refractivity contribution is -0.137. The van der Waals surface area contributed by atoms with E-state index in [0.29, 0.717) is 5.56 Å². The first-order chi connectivity index (χ1) is 12.7. The number of carbonyl (C=O) groups is 2. The Morgan fingerprint density at radius 3 is 2.37 bits per heavy atom. The Bertz CT molecular complexity index is 861. The van der Waals surface area contributed by atoms with E-state index >= 15 is 0 Å². The topological polar surface area (TPSA) is 61.4 Å². The molecule has 0 aliphatic rings. The molecule has 2 rings (SSSR count). The summed E-state index contributed by atoms with van der Waals surface area (Å²) < 4.78 is 38.0. The summed E-state index contributed by atoms with van der Waals surface area (Å²) in [6.45, 7) is 0. The molecule has 8 heteroatoms. The van der Waals surface area contributed by atoms with Crippen LogP contribution >= 0.6 is 0 Å². The number of nitrogens with one attached hydrogen (secondary N) is 2. The SMILES string of the molecule is CN(C)c1cccc(C(=O)NNC(=O)/C=C/c2cccc(C(F)(F)F)c2)c1. The van der Waals surface area contributed by atoms with Gasteiger partial charge in [0.15, 0.2) is 0 Å². The number of hydrazine groups is 1.